The lowest BCUT2D eigenvalue weighted by molar-refractivity contribution is 0.00865. The van der Waals surface area contributed by atoms with Crippen LogP contribution in [-0.4, -0.2) is 27.1 Å². The molecule has 29 heavy (non-hydrogen) atoms. The minimum atomic E-state index is -1.27. The highest BCUT2D eigenvalue weighted by atomic mass is 79.9. The molecule has 0 radical (unpaired) electrons. The highest BCUT2D eigenvalue weighted by Gasteiger charge is 2.59. The van der Waals surface area contributed by atoms with Crippen LogP contribution in [0.25, 0.3) is 0 Å². The van der Waals surface area contributed by atoms with E-state index in [0.717, 1.165) is 0 Å². The summed E-state index contributed by atoms with van der Waals surface area (Å²) in [6.07, 6.45) is 1.05. The van der Waals surface area contributed by atoms with E-state index in [1.54, 1.807) is 24.3 Å². The Balaban J connectivity index is 1.93. The largest absolute Gasteiger partial charge is 0.510 e. The average molecular weight is 650 g/mol. The molecule has 0 aromatic heterocycles. The van der Waals surface area contributed by atoms with Crippen LogP contribution >= 0.6 is 63.7 Å². The molecule has 2 aromatic rings. The van der Waals surface area contributed by atoms with Crippen LogP contribution in [0.5, 0.6) is 11.5 Å². The van der Waals surface area contributed by atoms with Crippen LogP contribution in [0.2, 0.25) is 0 Å². The maximum absolute atomic E-state index is 12.8. The zero-order valence-corrected chi connectivity index (χ0v) is 20.6. The van der Waals surface area contributed by atoms with Crippen LogP contribution < -0.4 is 4.74 Å². The Hall–Kier alpha value is -1.29. The average Bonchev–Trinajstić information content (AvgIpc) is 3.00. The molecule has 2 aliphatic heterocycles. The third-order valence-corrected chi connectivity index (χ3v) is 8.20. The van der Waals surface area contributed by atoms with Gasteiger partial charge in [-0.1, -0.05) is 34.1 Å². The molecule has 2 heterocycles. The molecule has 9 heteroatoms. The second-order valence-electron chi connectivity index (χ2n) is 6.79. The number of ether oxygens (including phenoxy) is 2. The van der Waals surface area contributed by atoms with E-state index in [9.17, 15) is 15.0 Å². The third kappa shape index (κ3) is 2.50. The van der Waals surface area contributed by atoms with Gasteiger partial charge in [0.1, 0.15) is 32.7 Å². The van der Waals surface area contributed by atoms with Crippen LogP contribution in [0, 0.1) is 0 Å². The maximum atomic E-state index is 12.8. The van der Waals surface area contributed by atoms with Gasteiger partial charge in [-0.25, -0.2) is 4.79 Å². The topological polar surface area (TPSA) is 76.0 Å². The number of alkyl halides is 1. The van der Waals surface area contributed by atoms with E-state index >= 15 is 0 Å². The van der Waals surface area contributed by atoms with Crippen molar-refractivity contribution in [3.8, 4) is 11.5 Å². The molecule has 5 rings (SSSR count). The Bertz CT molecular complexity index is 1170. The van der Waals surface area contributed by atoms with Gasteiger partial charge in [0.15, 0.2) is 5.60 Å². The summed E-state index contributed by atoms with van der Waals surface area (Å²) in [6, 6.07) is 8.88. The Morgan fingerprint density at radius 3 is 2.55 bits per heavy atom. The number of esters is 1. The van der Waals surface area contributed by atoms with E-state index in [4.69, 9.17) is 9.47 Å². The molecule has 2 aromatic carbocycles. The number of benzene rings is 2. The summed E-state index contributed by atoms with van der Waals surface area (Å²) in [7, 11) is 0. The first kappa shape index (κ1) is 19.7. The summed E-state index contributed by atoms with van der Waals surface area (Å²) >= 11 is 13.7. The van der Waals surface area contributed by atoms with E-state index in [1.165, 1.54) is 0 Å². The fourth-order valence-corrected chi connectivity index (χ4v) is 6.69. The van der Waals surface area contributed by atoms with E-state index in [1.807, 2.05) is 12.1 Å². The molecule has 3 atom stereocenters. The fraction of sp³-hybridized carbons (Fsp3) is 0.150. The van der Waals surface area contributed by atoms with Gasteiger partial charge in [0.25, 0.3) is 0 Å². The van der Waals surface area contributed by atoms with E-state index < -0.39 is 22.5 Å². The van der Waals surface area contributed by atoms with E-state index in [2.05, 4.69) is 63.7 Å². The number of aliphatic hydroxyl groups is 1. The zero-order valence-electron chi connectivity index (χ0n) is 14.2. The first-order valence-corrected chi connectivity index (χ1v) is 11.7. The summed E-state index contributed by atoms with van der Waals surface area (Å²) in [6.45, 7) is 0. The summed E-state index contributed by atoms with van der Waals surface area (Å²) in [5.74, 6) is -0.0821. The molecule has 1 spiro atoms. The van der Waals surface area contributed by atoms with Gasteiger partial charge in [0.05, 0.1) is 14.5 Å². The zero-order chi connectivity index (χ0) is 20.7. The molecule has 3 unspecified atom stereocenters. The van der Waals surface area contributed by atoms with Gasteiger partial charge < -0.3 is 19.7 Å². The van der Waals surface area contributed by atoms with Crippen molar-refractivity contribution in [1.29, 1.82) is 0 Å². The van der Waals surface area contributed by atoms with Gasteiger partial charge in [0, 0.05) is 16.7 Å². The molecule has 0 saturated carbocycles. The maximum Gasteiger partial charge on any atom is 0.340 e. The fourth-order valence-electron chi connectivity index (χ4n) is 4.03. The summed E-state index contributed by atoms with van der Waals surface area (Å²) in [5.41, 5.74) is 1.09. The summed E-state index contributed by atoms with van der Waals surface area (Å²) in [5, 5.41) is 20.9. The molecule has 3 aliphatic rings. The molecule has 5 nitrogen and oxygen atoms in total. The SMILES string of the molecule is O=C1OC2(C3=CC(Br)=C(O)C(Br)C3Oc3c2cc(Br)c(O)c3Br)c2ccccc21. The van der Waals surface area contributed by atoms with E-state index in [0.29, 0.717) is 41.4 Å². The van der Waals surface area contributed by atoms with Gasteiger partial charge in [-0.2, -0.15) is 0 Å². The number of hydrogen-bond acceptors (Lipinski definition) is 5. The van der Waals surface area contributed by atoms with Crippen LogP contribution in [0.15, 0.2) is 61.2 Å². The lowest BCUT2D eigenvalue weighted by Crippen LogP contribution is -2.48. The summed E-state index contributed by atoms with van der Waals surface area (Å²) in [4.78, 5) is 12.2. The van der Waals surface area contributed by atoms with Crippen LogP contribution in [0.1, 0.15) is 21.5 Å². The number of hydrogen-bond donors (Lipinski definition) is 2. The van der Waals surface area contributed by atoms with Crippen molar-refractivity contribution in [3.05, 3.63) is 77.9 Å². The first-order valence-electron chi connectivity index (χ1n) is 8.43. The molecule has 0 fully saturated rings. The number of halogens is 4. The monoisotopic (exact) mass is 646 g/mol. The predicted octanol–water partition coefficient (Wildman–Crippen LogP) is 5.96. The number of phenols is 1. The van der Waals surface area contributed by atoms with Gasteiger partial charge >= 0.3 is 5.97 Å². The normalized spacial score (nSPS) is 27.0. The van der Waals surface area contributed by atoms with Crippen LogP contribution in [0.3, 0.4) is 0 Å². The molecule has 0 saturated heterocycles. The van der Waals surface area contributed by atoms with Crippen molar-refractivity contribution >= 4 is 69.7 Å². The van der Waals surface area contributed by atoms with Crippen molar-refractivity contribution in [2.45, 2.75) is 16.5 Å². The number of allylic oxidation sites excluding steroid dienone is 2. The van der Waals surface area contributed by atoms with E-state index in [-0.39, 0.29) is 11.5 Å². The highest BCUT2D eigenvalue weighted by Crippen LogP contribution is 2.60. The lowest BCUT2D eigenvalue weighted by Gasteiger charge is -2.44. The first-order chi connectivity index (χ1) is 13.8. The van der Waals surface area contributed by atoms with Crippen LogP contribution in [0.4, 0.5) is 0 Å². The standard InChI is InChI=1S/C20H10Br4O5/c21-11-5-9-17(13(23)15(11)25)28-18-10(6-12(22)16(26)14(18)24)20(9)8-4-2-1-3-7(8)19(27)29-20/h1-6,13,17,25-26H. The number of aromatic hydroxyl groups is 1. The third-order valence-electron chi connectivity index (χ3n) is 5.31. The summed E-state index contributed by atoms with van der Waals surface area (Å²) < 4.78 is 13.5. The molecule has 0 bridgehead atoms. The predicted molar refractivity (Wildman–Crippen MR) is 120 cm³/mol. The molecule has 0 amide bonds. The molecule has 2 N–H and O–H groups in total. The molecular formula is C20H10Br4O5. The second-order valence-corrected chi connectivity index (χ2v) is 10.3. The van der Waals surface area contributed by atoms with Crippen LogP contribution in [-0.2, 0) is 10.3 Å². The Labute approximate surface area is 198 Å². The molecule has 1 aliphatic carbocycles. The van der Waals surface area contributed by atoms with Gasteiger partial charge in [-0.15, -0.1) is 0 Å². The van der Waals surface area contributed by atoms with Crippen molar-refractivity contribution in [2.75, 3.05) is 0 Å². The minimum Gasteiger partial charge on any atom is -0.510 e. The van der Waals surface area contributed by atoms with Crippen molar-refractivity contribution in [3.63, 3.8) is 0 Å². The number of fused-ring (bicyclic) bond motifs is 6. The Morgan fingerprint density at radius 1 is 1.07 bits per heavy atom. The van der Waals surface area contributed by atoms with Gasteiger partial charge in [0.2, 0.25) is 0 Å². The number of carbonyl (C=O) groups excluding carboxylic acids is 1. The minimum absolute atomic E-state index is 0.0354. The molecular weight excluding hydrogens is 640 g/mol. The van der Waals surface area contributed by atoms with Crippen molar-refractivity contribution in [2.24, 2.45) is 0 Å². The van der Waals surface area contributed by atoms with Gasteiger partial charge in [-0.3, -0.25) is 0 Å². The number of aliphatic hydroxyl groups excluding tert-OH is 1. The second kappa shape index (κ2) is 6.60. The highest BCUT2D eigenvalue weighted by molar-refractivity contribution is 9.12. The number of rotatable bonds is 0. The Morgan fingerprint density at radius 2 is 1.79 bits per heavy atom. The Kier molecular flexibility index (Phi) is 4.48. The number of phenolic OH excluding ortho intramolecular Hbond substituents is 1. The van der Waals surface area contributed by atoms with Crippen molar-refractivity contribution in [1.82, 2.24) is 0 Å². The van der Waals surface area contributed by atoms with Gasteiger partial charge in [-0.05, 0) is 66.0 Å². The molecule has 148 valence electrons. The van der Waals surface area contributed by atoms with Crippen molar-refractivity contribution < 1.29 is 24.5 Å². The number of carbonyl (C=O) groups is 1. The lowest BCUT2D eigenvalue weighted by atomic mass is 9.73. The smallest absolute Gasteiger partial charge is 0.340 e. The quantitative estimate of drug-likeness (QED) is 0.272.